The van der Waals surface area contributed by atoms with Gasteiger partial charge in [-0.25, -0.2) is 23.2 Å². The first-order valence-electron chi connectivity index (χ1n) is 6.75. The zero-order chi connectivity index (χ0) is 17.3. The van der Waals surface area contributed by atoms with Crippen LogP contribution in [0.15, 0.2) is 53.4 Å². The van der Waals surface area contributed by atoms with E-state index in [-0.39, 0.29) is 10.7 Å². The summed E-state index contributed by atoms with van der Waals surface area (Å²) in [6.45, 7) is 0. The Kier molecular flexibility index (Phi) is 3.78. The molecule has 0 saturated heterocycles. The summed E-state index contributed by atoms with van der Waals surface area (Å²) in [4.78, 5) is 19.3. The molecule has 0 fully saturated rings. The van der Waals surface area contributed by atoms with Crippen molar-refractivity contribution in [3.8, 4) is 0 Å². The number of anilines is 2. The number of sulfonamides is 1. The Bertz CT molecular complexity index is 1030. The van der Waals surface area contributed by atoms with Gasteiger partial charge in [0.15, 0.2) is 11.5 Å². The van der Waals surface area contributed by atoms with Crippen molar-refractivity contribution < 1.29 is 18.3 Å². The fourth-order valence-electron chi connectivity index (χ4n) is 2.05. The first-order valence-corrected chi connectivity index (χ1v) is 8.23. The molecule has 0 amide bonds. The number of hydrogen-bond donors (Lipinski definition) is 3. The Morgan fingerprint density at radius 1 is 1.00 bits per heavy atom. The van der Waals surface area contributed by atoms with E-state index in [1.165, 1.54) is 24.3 Å². The smallest absolute Gasteiger partial charge is 0.358 e. The predicted molar refractivity (Wildman–Crippen MR) is 88.2 cm³/mol. The number of carboxylic acid groups (broad SMARTS) is 1. The number of nitrogens with two attached hydrogens (primary N) is 1. The highest BCUT2D eigenvalue weighted by molar-refractivity contribution is 7.92. The molecule has 3 aromatic rings. The number of rotatable bonds is 4. The fourth-order valence-corrected chi connectivity index (χ4v) is 3.06. The van der Waals surface area contributed by atoms with E-state index in [0.29, 0.717) is 16.7 Å². The number of nitrogens with one attached hydrogen (secondary N) is 1. The molecule has 24 heavy (non-hydrogen) atoms. The Balaban J connectivity index is 2.09. The van der Waals surface area contributed by atoms with Crippen molar-refractivity contribution in [3.05, 3.63) is 54.2 Å². The number of benzene rings is 2. The van der Waals surface area contributed by atoms with Crippen LogP contribution < -0.4 is 10.5 Å². The number of para-hydroxylation sites is 2. The molecule has 122 valence electrons. The molecule has 0 radical (unpaired) electrons. The molecule has 9 heteroatoms. The highest BCUT2D eigenvalue weighted by Gasteiger charge is 2.21. The van der Waals surface area contributed by atoms with Crippen LogP contribution in [0.3, 0.4) is 0 Å². The third-order valence-electron chi connectivity index (χ3n) is 3.19. The summed E-state index contributed by atoms with van der Waals surface area (Å²) >= 11 is 0. The van der Waals surface area contributed by atoms with Gasteiger partial charge >= 0.3 is 5.97 Å². The molecule has 0 spiro atoms. The largest absolute Gasteiger partial charge is 0.476 e. The van der Waals surface area contributed by atoms with Gasteiger partial charge in [0, 0.05) is 5.69 Å². The van der Waals surface area contributed by atoms with Crippen molar-refractivity contribution >= 4 is 38.5 Å². The van der Waals surface area contributed by atoms with E-state index in [9.17, 15) is 18.3 Å². The minimum atomic E-state index is -4.03. The lowest BCUT2D eigenvalue weighted by Gasteiger charge is -2.10. The van der Waals surface area contributed by atoms with Crippen LogP contribution in [0.5, 0.6) is 0 Å². The number of nitrogens with zero attached hydrogens (tertiary/aromatic N) is 2. The molecule has 0 aliphatic carbocycles. The zero-order valence-corrected chi connectivity index (χ0v) is 13.0. The predicted octanol–water partition coefficient (Wildman–Crippen LogP) is 1.71. The highest BCUT2D eigenvalue weighted by Crippen LogP contribution is 2.21. The van der Waals surface area contributed by atoms with E-state index >= 15 is 0 Å². The van der Waals surface area contributed by atoms with Crippen LogP contribution in [0.2, 0.25) is 0 Å². The third kappa shape index (κ3) is 2.97. The van der Waals surface area contributed by atoms with Gasteiger partial charge in [0.2, 0.25) is 0 Å². The number of hydrogen-bond acceptors (Lipinski definition) is 6. The van der Waals surface area contributed by atoms with E-state index in [1.54, 1.807) is 24.3 Å². The highest BCUT2D eigenvalue weighted by atomic mass is 32.2. The maximum absolute atomic E-state index is 12.4. The molecular weight excluding hydrogens is 332 g/mol. The fraction of sp³-hybridized carbons (Fsp3) is 0. The van der Waals surface area contributed by atoms with Crippen LogP contribution in [0.4, 0.5) is 11.5 Å². The minimum absolute atomic E-state index is 0.0667. The average molecular weight is 344 g/mol. The van der Waals surface area contributed by atoms with E-state index in [0.717, 1.165) is 0 Å². The van der Waals surface area contributed by atoms with Crippen LogP contribution in [-0.4, -0.2) is 29.5 Å². The Morgan fingerprint density at radius 2 is 1.58 bits per heavy atom. The van der Waals surface area contributed by atoms with Gasteiger partial charge in [0.1, 0.15) is 0 Å². The second kappa shape index (κ2) is 5.78. The van der Waals surface area contributed by atoms with E-state index < -0.39 is 21.7 Å². The lowest BCUT2D eigenvalue weighted by molar-refractivity contribution is 0.0692. The molecule has 4 N–H and O–H groups in total. The van der Waals surface area contributed by atoms with Gasteiger partial charge in [-0.1, -0.05) is 12.1 Å². The molecule has 1 aromatic heterocycles. The van der Waals surface area contributed by atoms with Crippen molar-refractivity contribution in [2.45, 2.75) is 4.90 Å². The molecule has 0 aliphatic rings. The monoisotopic (exact) mass is 344 g/mol. The Morgan fingerprint density at radius 3 is 2.17 bits per heavy atom. The molecule has 1 heterocycles. The molecule has 0 atom stereocenters. The summed E-state index contributed by atoms with van der Waals surface area (Å²) < 4.78 is 27.0. The van der Waals surface area contributed by atoms with Gasteiger partial charge in [-0.3, -0.25) is 4.72 Å². The first-order chi connectivity index (χ1) is 11.4. The van der Waals surface area contributed by atoms with E-state index in [1.807, 2.05) is 0 Å². The average Bonchev–Trinajstić information content (AvgIpc) is 2.54. The number of aromatic carboxylic acids is 1. The maximum Gasteiger partial charge on any atom is 0.358 e. The molecule has 2 aromatic carbocycles. The molecule has 8 nitrogen and oxygen atoms in total. The summed E-state index contributed by atoms with van der Waals surface area (Å²) in [5.74, 6) is -1.73. The summed E-state index contributed by atoms with van der Waals surface area (Å²) in [5.41, 5.74) is 6.19. The molecule has 0 unspecified atom stereocenters. The standard InChI is InChI=1S/C15H12N4O4S/c16-9-5-7-10(8-6-9)24(22,23)19-14-13(15(20)21)17-11-3-1-2-4-12(11)18-14/h1-8H,16H2,(H,18,19)(H,20,21). The van der Waals surface area contributed by atoms with Gasteiger partial charge in [-0.05, 0) is 36.4 Å². The van der Waals surface area contributed by atoms with Crippen LogP contribution in [0, 0.1) is 0 Å². The molecule has 3 rings (SSSR count). The minimum Gasteiger partial charge on any atom is -0.476 e. The zero-order valence-electron chi connectivity index (χ0n) is 12.2. The van der Waals surface area contributed by atoms with Crippen LogP contribution >= 0.6 is 0 Å². The summed E-state index contributed by atoms with van der Waals surface area (Å²) in [5, 5.41) is 9.28. The number of nitrogen functional groups attached to an aromatic ring is 1. The van der Waals surface area contributed by atoms with Gasteiger partial charge in [-0.15, -0.1) is 0 Å². The quantitative estimate of drug-likeness (QED) is 0.613. The van der Waals surface area contributed by atoms with Gasteiger partial charge in [-0.2, -0.15) is 0 Å². The molecular formula is C15H12N4O4S. The number of carbonyl (C=O) groups is 1. The van der Waals surface area contributed by atoms with Gasteiger partial charge in [0.05, 0.1) is 15.9 Å². The second-order valence-corrected chi connectivity index (χ2v) is 6.57. The van der Waals surface area contributed by atoms with Gasteiger partial charge in [0.25, 0.3) is 10.0 Å². The topological polar surface area (TPSA) is 135 Å². The van der Waals surface area contributed by atoms with E-state index in [4.69, 9.17) is 5.73 Å². The van der Waals surface area contributed by atoms with Crippen molar-refractivity contribution in [2.75, 3.05) is 10.5 Å². The normalized spacial score (nSPS) is 11.3. The van der Waals surface area contributed by atoms with Crippen molar-refractivity contribution in [1.29, 1.82) is 0 Å². The molecule has 0 saturated carbocycles. The Labute approximate surface area is 137 Å². The summed E-state index contributed by atoms with van der Waals surface area (Å²) in [7, 11) is -4.03. The lowest BCUT2D eigenvalue weighted by atomic mass is 10.3. The first kappa shape index (κ1) is 15.7. The second-order valence-electron chi connectivity index (χ2n) is 4.89. The van der Waals surface area contributed by atoms with Crippen LogP contribution in [-0.2, 0) is 10.0 Å². The summed E-state index contributed by atoms with van der Waals surface area (Å²) in [6, 6.07) is 12.1. The van der Waals surface area contributed by atoms with Crippen LogP contribution in [0.1, 0.15) is 10.5 Å². The molecule has 0 aliphatic heterocycles. The Hall–Kier alpha value is -3.20. The lowest BCUT2D eigenvalue weighted by Crippen LogP contribution is -2.18. The SMILES string of the molecule is Nc1ccc(S(=O)(=O)Nc2nc3ccccc3nc2C(=O)O)cc1. The number of fused-ring (bicyclic) bond motifs is 1. The summed E-state index contributed by atoms with van der Waals surface area (Å²) in [6.07, 6.45) is 0. The van der Waals surface area contributed by atoms with Crippen molar-refractivity contribution in [2.24, 2.45) is 0 Å². The van der Waals surface area contributed by atoms with E-state index in [2.05, 4.69) is 14.7 Å². The van der Waals surface area contributed by atoms with Crippen molar-refractivity contribution in [3.63, 3.8) is 0 Å². The van der Waals surface area contributed by atoms with Crippen LogP contribution in [0.25, 0.3) is 11.0 Å². The van der Waals surface area contributed by atoms with Gasteiger partial charge < -0.3 is 10.8 Å². The number of aromatic nitrogens is 2. The number of carboxylic acids is 1. The third-order valence-corrected chi connectivity index (χ3v) is 4.55. The molecule has 0 bridgehead atoms. The van der Waals surface area contributed by atoms with Crippen molar-refractivity contribution in [1.82, 2.24) is 9.97 Å². The maximum atomic E-state index is 12.4.